The highest BCUT2D eigenvalue weighted by molar-refractivity contribution is 5.83. The molecule has 0 heterocycles. The average molecular weight is 244 g/mol. The summed E-state index contributed by atoms with van der Waals surface area (Å²) in [5.41, 5.74) is 0. The standard InChI is InChI=1S/C16H20O2/c1-2-3-10-17-11-12-18-16-9-8-14-6-4-5-7-15(14)13-16/h4-9,13H,2-3,10-12H2,1H3. The molecule has 2 aromatic carbocycles. The monoisotopic (exact) mass is 244 g/mol. The van der Waals surface area contributed by atoms with Crippen molar-refractivity contribution in [1.29, 1.82) is 0 Å². The first kappa shape index (κ1) is 12.9. The molecule has 2 rings (SSSR count). The summed E-state index contributed by atoms with van der Waals surface area (Å²) in [5.74, 6) is 0.910. The van der Waals surface area contributed by atoms with E-state index < -0.39 is 0 Å². The first-order valence-corrected chi connectivity index (χ1v) is 6.59. The molecule has 0 spiro atoms. The second kappa shape index (κ2) is 7.02. The topological polar surface area (TPSA) is 18.5 Å². The fourth-order valence-electron chi connectivity index (χ4n) is 1.82. The Labute approximate surface area is 109 Å². The molecule has 18 heavy (non-hydrogen) atoms. The van der Waals surface area contributed by atoms with Gasteiger partial charge in [-0.05, 0) is 29.3 Å². The summed E-state index contributed by atoms with van der Waals surface area (Å²) < 4.78 is 11.1. The third kappa shape index (κ3) is 3.74. The molecule has 0 aromatic heterocycles. The molecule has 2 aromatic rings. The quantitative estimate of drug-likeness (QED) is 0.684. The van der Waals surface area contributed by atoms with Gasteiger partial charge in [-0.3, -0.25) is 0 Å². The first-order chi connectivity index (χ1) is 8.90. The Hall–Kier alpha value is -1.54. The zero-order chi connectivity index (χ0) is 12.6. The van der Waals surface area contributed by atoms with E-state index in [0.29, 0.717) is 13.2 Å². The molecule has 0 radical (unpaired) electrons. The van der Waals surface area contributed by atoms with Crippen molar-refractivity contribution < 1.29 is 9.47 Å². The van der Waals surface area contributed by atoms with E-state index in [9.17, 15) is 0 Å². The minimum atomic E-state index is 0.613. The van der Waals surface area contributed by atoms with Crippen molar-refractivity contribution in [2.45, 2.75) is 19.8 Å². The summed E-state index contributed by atoms with van der Waals surface area (Å²) in [6.07, 6.45) is 2.29. The summed E-state index contributed by atoms with van der Waals surface area (Å²) in [5, 5.41) is 2.45. The number of hydrogen-bond acceptors (Lipinski definition) is 2. The van der Waals surface area contributed by atoms with Crippen molar-refractivity contribution in [2.75, 3.05) is 19.8 Å². The summed E-state index contributed by atoms with van der Waals surface area (Å²) in [7, 11) is 0. The third-order valence-electron chi connectivity index (χ3n) is 2.86. The molecule has 0 aliphatic heterocycles. The summed E-state index contributed by atoms with van der Waals surface area (Å²) in [6.45, 7) is 4.27. The molecule has 0 saturated carbocycles. The van der Waals surface area contributed by atoms with Gasteiger partial charge in [0.2, 0.25) is 0 Å². The molecule has 0 fully saturated rings. The highest BCUT2D eigenvalue weighted by Crippen LogP contribution is 2.20. The molecule has 2 heteroatoms. The van der Waals surface area contributed by atoms with E-state index in [0.717, 1.165) is 18.8 Å². The lowest BCUT2D eigenvalue weighted by Crippen LogP contribution is -2.07. The van der Waals surface area contributed by atoms with Crippen molar-refractivity contribution in [3.05, 3.63) is 42.5 Å². The van der Waals surface area contributed by atoms with Crippen LogP contribution in [0.4, 0.5) is 0 Å². The minimum absolute atomic E-state index is 0.613. The fourth-order valence-corrected chi connectivity index (χ4v) is 1.82. The van der Waals surface area contributed by atoms with Crippen LogP contribution in [0.2, 0.25) is 0 Å². The highest BCUT2D eigenvalue weighted by Gasteiger charge is 1.97. The maximum absolute atomic E-state index is 5.67. The Kier molecular flexibility index (Phi) is 5.03. The predicted molar refractivity (Wildman–Crippen MR) is 75.2 cm³/mol. The van der Waals surface area contributed by atoms with Crippen LogP contribution < -0.4 is 4.74 Å². The average Bonchev–Trinajstić information content (AvgIpc) is 2.42. The van der Waals surface area contributed by atoms with Crippen LogP contribution in [0, 0.1) is 0 Å². The van der Waals surface area contributed by atoms with Gasteiger partial charge in [-0.1, -0.05) is 43.7 Å². The van der Waals surface area contributed by atoms with Gasteiger partial charge in [0.05, 0.1) is 6.61 Å². The Morgan fingerprint density at radius 3 is 2.56 bits per heavy atom. The number of fused-ring (bicyclic) bond motifs is 1. The van der Waals surface area contributed by atoms with Crippen LogP contribution in [-0.4, -0.2) is 19.8 Å². The van der Waals surface area contributed by atoms with E-state index in [2.05, 4.69) is 31.2 Å². The zero-order valence-electron chi connectivity index (χ0n) is 10.9. The molecule has 0 saturated heterocycles. The Morgan fingerprint density at radius 2 is 1.72 bits per heavy atom. The van der Waals surface area contributed by atoms with Crippen molar-refractivity contribution in [1.82, 2.24) is 0 Å². The molecule has 2 nitrogen and oxygen atoms in total. The van der Waals surface area contributed by atoms with E-state index >= 15 is 0 Å². The van der Waals surface area contributed by atoms with Gasteiger partial charge in [0, 0.05) is 6.61 Å². The molecule has 0 bridgehead atoms. The zero-order valence-corrected chi connectivity index (χ0v) is 10.9. The van der Waals surface area contributed by atoms with Gasteiger partial charge in [0.1, 0.15) is 12.4 Å². The number of hydrogen-bond donors (Lipinski definition) is 0. The van der Waals surface area contributed by atoms with Gasteiger partial charge in [-0.2, -0.15) is 0 Å². The largest absolute Gasteiger partial charge is 0.491 e. The van der Waals surface area contributed by atoms with E-state index in [1.807, 2.05) is 18.2 Å². The predicted octanol–water partition coefficient (Wildman–Crippen LogP) is 4.04. The smallest absolute Gasteiger partial charge is 0.120 e. The van der Waals surface area contributed by atoms with Crippen molar-refractivity contribution >= 4 is 10.8 Å². The van der Waals surface area contributed by atoms with Gasteiger partial charge >= 0.3 is 0 Å². The van der Waals surface area contributed by atoms with Crippen LogP contribution in [0.25, 0.3) is 10.8 Å². The van der Waals surface area contributed by atoms with Crippen LogP contribution in [-0.2, 0) is 4.74 Å². The lowest BCUT2D eigenvalue weighted by atomic mass is 10.1. The van der Waals surface area contributed by atoms with E-state index in [4.69, 9.17) is 9.47 Å². The lowest BCUT2D eigenvalue weighted by molar-refractivity contribution is 0.0981. The molecular weight excluding hydrogens is 224 g/mol. The molecule has 0 N–H and O–H groups in total. The highest BCUT2D eigenvalue weighted by atomic mass is 16.5. The summed E-state index contributed by atoms with van der Waals surface area (Å²) in [6, 6.07) is 14.5. The minimum Gasteiger partial charge on any atom is -0.491 e. The first-order valence-electron chi connectivity index (χ1n) is 6.59. The maximum Gasteiger partial charge on any atom is 0.120 e. The fraction of sp³-hybridized carbons (Fsp3) is 0.375. The van der Waals surface area contributed by atoms with Gasteiger partial charge < -0.3 is 9.47 Å². The van der Waals surface area contributed by atoms with E-state index in [1.165, 1.54) is 17.2 Å². The number of benzene rings is 2. The molecule has 0 atom stereocenters. The Bertz CT molecular complexity index is 479. The normalized spacial score (nSPS) is 10.7. The number of ether oxygens (including phenoxy) is 2. The molecular formula is C16H20O2. The van der Waals surface area contributed by atoms with Gasteiger partial charge in [-0.15, -0.1) is 0 Å². The van der Waals surface area contributed by atoms with Crippen LogP contribution in [0.3, 0.4) is 0 Å². The molecule has 0 amide bonds. The van der Waals surface area contributed by atoms with Crippen LogP contribution in [0.1, 0.15) is 19.8 Å². The van der Waals surface area contributed by atoms with Gasteiger partial charge in [0.25, 0.3) is 0 Å². The van der Waals surface area contributed by atoms with Crippen LogP contribution in [0.15, 0.2) is 42.5 Å². The second-order valence-electron chi connectivity index (χ2n) is 4.32. The molecule has 0 aliphatic rings. The van der Waals surface area contributed by atoms with Crippen molar-refractivity contribution in [2.24, 2.45) is 0 Å². The van der Waals surface area contributed by atoms with Crippen molar-refractivity contribution in [3.8, 4) is 5.75 Å². The van der Waals surface area contributed by atoms with Crippen LogP contribution in [0.5, 0.6) is 5.75 Å². The molecule has 0 unspecified atom stereocenters. The molecule has 0 aliphatic carbocycles. The van der Waals surface area contributed by atoms with Crippen LogP contribution >= 0.6 is 0 Å². The molecule has 96 valence electrons. The van der Waals surface area contributed by atoms with E-state index in [1.54, 1.807) is 0 Å². The van der Waals surface area contributed by atoms with Gasteiger partial charge in [-0.25, -0.2) is 0 Å². The third-order valence-corrected chi connectivity index (χ3v) is 2.86. The maximum atomic E-state index is 5.67. The SMILES string of the molecule is CCCCOCCOc1ccc2ccccc2c1. The Balaban J connectivity index is 1.81. The summed E-state index contributed by atoms with van der Waals surface area (Å²) in [4.78, 5) is 0. The number of rotatable bonds is 7. The summed E-state index contributed by atoms with van der Waals surface area (Å²) >= 11 is 0. The lowest BCUT2D eigenvalue weighted by Gasteiger charge is -2.07. The van der Waals surface area contributed by atoms with Gasteiger partial charge in [0.15, 0.2) is 0 Å². The van der Waals surface area contributed by atoms with E-state index in [-0.39, 0.29) is 0 Å². The Morgan fingerprint density at radius 1 is 0.889 bits per heavy atom. The number of unbranched alkanes of at least 4 members (excludes halogenated alkanes) is 1. The van der Waals surface area contributed by atoms with Crippen molar-refractivity contribution in [3.63, 3.8) is 0 Å². The second-order valence-corrected chi connectivity index (χ2v) is 4.32.